The van der Waals surface area contributed by atoms with E-state index in [2.05, 4.69) is 42.5 Å². The lowest BCUT2D eigenvalue weighted by Crippen LogP contribution is -2.37. The predicted octanol–water partition coefficient (Wildman–Crippen LogP) is 5.33. The number of benzene rings is 2. The lowest BCUT2D eigenvalue weighted by molar-refractivity contribution is 0.0499. The fraction of sp³-hybridized carbons (Fsp3) is 0.385. The molecule has 168 valence electrons. The summed E-state index contributed by atoms with van der Waals surface area (Å²) in [5.74, 6) is 0.832. The van der Waals surface area contributed by atoms with Crippen LogP contribution in [0, 0.1) is 20.8 Å². The molecular weight excluding hydrogens is 422 g/mol. The third kappa shape index (κ3) is 5.22. The van der Waals surface area contributed by atoms with E-state index >= 15 is 0 Å². The SMILES string of the molecule is Cc1cc(C)c(Cn2ccnc2CN(CC2CCCO2)C(=O)c2ccc(Cl)cc2)c(C)c1. The summed E-state index contributed by atoms with van der Waals surface area (Å²) in [4.78, 5) is 19.8. The molecule has 0 bridgehead atoms. The number of rotatable bonds is 7. The van der Waals surface area contributed by atoms with E-state index in [1.807, 2.05) is 17.3 Å². The highest BCUT2D eigenvalue weighted by Gasteiger charge is 2.25. The van der Waals surface area contributed by atoms with Gasteiger partial charge in [0.1, 0.15) is 5.82 Å². The predicted molar refractivity (Wildman–Crippen MR) is 127 cm³/mol. The smallest absolute Gasteiger partial charge is 0.254 e. The van der Waals surface area contributed by atoms with Crippen molar-refractivity contribution in [3.63, 3.8) is 0 Å². The van der Waals surface area contributed by atoms with Gasteiger partial charge >= 0.3 is 0 Å². The first-order valence-corrected chi connectivity index (χ1v) is 11.5. The molecule has 32 heavy (non-hydrogen) atoms. The van der Waals surface area contributed by atoms with Crippen LogP contribution in [0.5, 0.6) is 0 Å². The van der Waals surface area contributed by atoms with Crippen LogP contribution in [0.2, 0.25) is 5.02 Å². The molecule has 0 radical (unpaired) electrons. The molecule has 1 saturated heterocycles. The van der Waals surface area contributed by atoms with E-state index in [1.54, 1.807) is 24.3 Å². The van der Waals surface area contributed by atoms with Crippen LogP contribution < -0.4 is 0 Å². The molecule has 5 nitrogen and oxygen atoms in total. The Morgan fingerprint density at radius 2 is 1.91 bits per heavy atom. The maximum absolute atomic E-state index is 13.4. The van der Waals surface area contributed by atoms with Gasteiger partial charge in [-0.3, -0.25) is 4.79 Å². The summed E-state index contributed by atoms with van der Waals surface area (Å²) >= 11 is 6.02. The Hall–Kier alpha value is -2.63. The summed E-state index contributed by atoms with van der Waals surface area (Å²) in [5.41, 5.74) is 5.73. The van der Waals surface area contributed by atoms with E-state index in [9.17, 15) is 4.79 Å². The molecule has 1 fully saturated rings. The van der Waals surface area contributed by atoms with Crippen LogP contribution in [-0.2, 0) is 17.8 Å². The van der Waals surface area contributed by atoms with Gasteiger partial charge in [-0.15, -0.1) is 0 Å². The second-order valence-electron chi connectivity index (χ2n) is 8.68. The van der Waals surface area contributed by atoms with Crippen molar-refractivity contribution in [2.24, 2.45) is 0 Å². The minimum atomic E-state index is -0.0330. The number of aromatic nitrogens is 2. The molecule has 0 N–H and O–H groups in total. The molecule has 0 saturated carbocycles. The maximum Gasteiger partial charge on any atom is 0.254 e. The van der Waals surface area contributed by atoms with Gasteiger partial charge in [0, 0.05) is 42.7 Å². The summed E-state index contributed by atoms with van der Waals surface area (Å²) in [6, 6.07) is 11.5. The largest absolute Gasteiger partial charge is 0.376 e. The zero-order valence-corrected chi connectivity index (χ0v) is 19.7. The summed E-state index contributed by atoms with van der Waals surface area (Å²) < 4.78 is 7.98. The number of amides is 1. The van der Waals surface area contributed by atoms with E-state index in [0.29, 0.717) is 23.7 Å². The Labute approximate surface area is 195 Å². The second-order valence-corrected chi connectivity index (χ2v) is 9.11. The van der Waals surface area contributed by atoms with Gasteiger partial charge in [0.25, 0.3) is 5.91 Å². The first-order chi connectivity index (χ1) is 15.4. The second kappa shape index (κ2) is 9.88. The molecule has 2 aromatic carbocycles. The molecule has 1 amide bonds. The van der Waals surface area contributed by atoms with Crippen LogP contribution in [0.4, 0.5) is 0 Å². The van der Waals surface area contributed by atoms with Crippen molar-refractivity contribution in [1.82, 2.24) is 14.5 Å². The maximum atomic E-state index is 13.4. The molecule has 6 heteroatoms. The number of ether oxygens (including phenoxy) is 1. The molecule has 1 aromatic heterocycles. The van der Waals surface area contributed by atoms with Gasteiger partial charge in [-0.05, 0) is 74.6 Å². The fourth-order valence-corrected chi connectivity index (χ4v) is 4.59. The Morgan fingerprint density at radius 3 is 2.56 bits per heavy atom. The van der Waals surface area contributed by atoms with Crippen molar-refractivity contribution in [2.45, 2.75) is 52.8 Å². The molecule has 0 spiro atoms. The van der Waals surface area contributed by atoms with Crippen LogP contribution in [0.15, 0.2) is 48.8 Å². The Balaban J connectivity index is 1.58. The van der Waals surface area contributed by atoms with Crippen molar-refractivity contribution < 1.29 is 9.53 Å². The minimum absolute atomic E-state index is 0.0330. The third-order valence-corrected chi connectivity index (χ3v) is 6.38. The van der Waals surface area contributed by atoms with Crippen LogP contribution in [0.25, 0.3) is 0 Å². The normalized spacial score (nSPS) is 15.8. The molecule has 1 unspecified atom stereocenters. The molecule has 1 atom stereocenters. The highest BCUT2D eigenvalue weighted by atomic mass is 35.5. The number of carbonyl (C=O) groups excluding carboxylic acids is 1. The minimum Gasteiger partial charge on any atom is -0.376 e. The summed E-state index contributed by atoms with van der Waals surface area (Å²) in [5, 5.41) is 0.617. The quantitative estimate of drug-likeness (QED) is 0.487. The van der Waals surface area contributed by atoms with Gasteiger partial charge in [-0.1, -0.05) is 29.3 Å². The highest BCUT2D eigenvalue weighted by molar-refractivity contribution is 6.30. The average Bonchev–Trinajstić information content (AvgIpc) is 3.42. The van der Waals surface area contributed by atoms with Crippen molar-refractivity contribution in [3.05, 3.63) is 87.5 Å². The fourth-order valence-electron chi connectivity index (χ4n) is 4.46. The lowest BCUT2D eigenvalue weighted by atomic mass is 10.00. The number of hydrogen-bond donors (Lipinski definition) is 0. The van der Waals surface area contributed by atoms with Gasteiger partial charge in [0.2, 0.25) is 0 Å². The first kappa shape index (κ1) is 22.6. The number of halogens is 1. The lowest BCUT2D eigenvalue weighted by Gasteiger charge is -2.26. The van der Waals surface area contributed by atoms with Crippen LogP contribution in [0.3, 0.4) is 0 Å². The first-order valence-electron chi connectivity index (χ1n) is 11.1. The Bertz CT molecular complexity index is 1060. The van der Waals surface area contributed by atoms with Gasteiger partial charge in [0.05, 0.1) is 12.6 Å². The molecule has 2 heterocycles. The van der Waals surface area contributed by atoms with Crippen LogP contribution in [-0.4, -0.2) is 39.6 Å². The van der Waals surface area contributed by atoms with Gasteiger partial charge in [-0.2, -0.15) is 0 Å². The number of carbonyl (C=O) groups is 1. The van der Waals surface area contributed by atoms with Crippen molar-refractivity contribution >= 4 is 17.5 Å². The van der Waals surface area contributed by atoms with Gasteiger partial charge in [-0.25, -0.2) is 4.98 Å². The third-order valence-electron chi connectivity index (χ3n) is 6.13. The zero-order valence-electron chi connectivity index (χ0n) is 19.0. The Morgan fingerprint density at radius 1 is 1.19 bits per heavy atom. The summed E-state index contributed by atoms with van der Waals surface area (Å²) in [6.45, 7) is 8.90. The van der Waals surface area contributed by atoms with Crippen LogP contribution >= 0.6 is 11.6 Å². The van der Waals surface area contributed by atoms with E-state index in [-0.39, 0.29) is 12.0 Å². The standard InChI is InChI=1S/C26H30ClN3O2/c1-18-13-19(2)24(20(3)14-18)16-29-11-10-28-25(29)17-30(15-23-5-4-12-32-23)26(31)21-6-8-22(27)9-7-21/h6-11,13-14,23H,4-5,12,15-17H2,1-3H3. The van der Waals surface area contributed by atoms with Crippen molar-refractivity contribution in [3.8, 4) is 0 Å². The van der Waals surface area contributed by atoms with E-state index in [1.165, 1.54) is 22.3 Å². The van der Waals surface area contributed by atoms with E-state index in [4.69, 9.17) is 16.3 Å². The molecule has 3 aromatic rings. The topological polar surface area (TPSA) is 47.4 Å². The molecule has 4 rings (SSSR count). The number of nitrogens with zero attached hydrogens (tertiary/aromatic N) is 3. The van der Waals surface area contributed by atoms with E-state index < -0.39 is 0 Å². The number of imidazole rings is 1. The Kier molecular flexibility index (Phi) is 6.97. The average molecular weight is 452 g/mol. The summed E-state index contributed by atoms with van der Waals surface area (Å²) in [6.07, 6.45) is 5.88. The number of hydrogen-bond acceptors (Lipinski definition) is 3. The summed E-state index contributed by atoms with van der Waals surface area (Å²) in [7, 11) is 0. The number of aryl methyl sites for hydroxylation is 3. The highest BCUT2D eigenvalue weighted by Crippen LogP contribution is 2.21. The molecule has 0 aliphatic carbocycles. The molecular formula is C26H30ClN3O2. The molecule has 1 aliphatic rings. The monoisotopic (exact) mass is 451 g/mol. The van der Waals surface area contributed by atoms with E-state index in [0.717, 1.165) is 31.8 Å². The molecule has 1 aliphatic heterocycles. The zero-order chi connectivity index (χ0) is 22.7. The van der Waals surface area contributed by atoms with Gasteiger partial charge < -0.3 is 14.2 Å². The van der Waals surface area contributed by atoms with Gasteiger partial charge in [0.15, 0.2) is 0 Å². The van der Waals surface area contributed by atoms with Crippen molar-refractivity contribution in [1.29, 1.82) is 0 Å². The van der Waals surface area contributed by atoms with Crippen molar-refractivity contribution in [2.75, 3.05) is 13.2 Å². The van der Waals surface area contributed by atoms with Crippen LogP contribution in [0.1, 0.15) is 51.3 Å².